The highest BCUT2D eigenvalue weighted by atomic mass is 19.3. The second-order valence-electron chi connectivity index (χ2n) is 8.45. The van der Waals surface area contributed by atoms with Gasteiger partial charge in [-0.15, -0.1) is 0 Å². The topological polar surface area (TPSA) is 110 Å². The van der Waals surface area contributed by atoms with Crippen LogP contribution in [0.4, 0.5) is 13.2 Å². The standard InChI is InChI=1S/C19H26F3N5O2/c1-8-16-13(18(28)25-19(29)27(16)10-2-3-10)15(24)14(22)17(8)26-5-4-9(7-26)11(23)6-12(20)21/h8-12,17H,2-7,23-24H2,1H3,(H,25,28,29). The molecule has 1 aliphatic heterocycles. The van der Waals surface area contributed by atoms with Crippen LogP contribution >= 0.6 is 0 Å². The van der Waals surface area contributed by atoms with Crippen molar-refractivity contribution in [2.75, 3.05) is 13.1 Å². The highest BCUT2D eigenvalue weighted by Gasteiger charge is 2.44. The average Bonchev–Trinajstić information content (AvgIpc) is 3.35. The Morgan fingerprint density at radius 2 is 1.93 bits per heavy atom. The maximum absolute atomic E-state index is 15.3. The van der Waals surface area contributed by atoms with Crippen molar-refractivity contribution in [2.45, 2.75) is 63.1 Å². The van der Waals surface area contributed by atoms with E-state index in [1.165, 1.54) is 0 Å². The van der Waals surface area contributed by atoms with Gasteiger partial charge in [0.15, 0.2) is 0 Å². The predicted molar refractivity (Wildman–Crippen MR) is 102 cm³/mol. The van der Waals surface area contributed by atoms with Crippen molar-refractivity contribution in [1.29, 1.82) is 0 Å². The van der Waals surface area contributed by atoms with E-state index < -0.39 is 47.9 Å². The van der Waals surface area contributed by atoms with Crippen molar-refractivity contribution in [3.8, 4) is 0 Å². The molecule has 0 aromatic carbocycles. The molecule has 4 atom stereocenters. The van der Waals surface area contributed by atoms with Gasteiger partial charge in [0, 0.05) is 36.7 Å². The van der Waals surface area contributed by atoms with Crippen LogP contribution in [0.5, 0.6) is 0 Å². The van der Waals surface area contributed by atoms with E-state index in [4.69, 9.17) is 11.5 Å². The molecule has 4 unspecified atom stereocenters. The number of rotatable bonds is 5. The summed E-state index contributed by atoms with van der Waals surface area (Å²) in [6.45, 7) is 2.64. The van der Waals surface area contributed by atoms with E-state index in [0.717, 1.165) is 12.8 Å². The zero-order valence-corrected chi connectivity index (χ0v) is 16.2. The van der Waals surface area contributed by atoms with Crippen LogP contribution in [0.3, 0.4) is 0 Å². The molecule has 0 bridgehead atoms. The molecule has 1 aromatic rings. The lowest BCUT2D eigenvalue weighted by atomic mass is 9.85. The Morgan fingerprint density at radius 1 is 1.24 bits per heavy atom. The lowest BCUT2D eigenvalue weighted by Gasteiger charge is -2.37. The van der Waals surface area contributed by atoms with Crippen molar-refractivity contribution in [3.05, 3.63) is 37.9 Å². The normalized spacial score (nSPS) is 28.8. The molecule has 2 fully saturated rings. The van der Waals surface area contributed by atoms with Gasteiger partial charge in [0.1, 0.15) is 5.83 Å². The van der Waals surface area contributed by atoms with Crippen molar-refractivity contribution < 1.29 is 13.2 Å². The first-order valence-corrected chi connectivity index (χ1v) is 10.0. The van der Waals surface area contributed by atoms with Gasteiger partial charge in [-0.3, -0.25) is 19.2 Å². The summed E-state index contributed by atoms with van der Waals surface area (Å²) >= 11 is 0. The van der Waals surface area contributed by atoms with Crippen LogP contribution in [0.1, 0.15) is 55.8 Å². The fourth-order valence-corrected chi connectivity index (χ4v) is 4.91. The predicted octanol–water partition coefficient (Wildman–Crippen LogP) is 1.26. The lowest BCUT2D eigenvalue weighted by Crippen LogP contribution is -2.47. The Balaban J connectivity index is 1.70. The number of halogens is 3. The zero-order valence-electron chi connectivity index (χ0n) is 16.2. The van der Waals surface area contributed by atoms with E-state index in [0.29, 0.717) is 25.2 Å². The Labute approximate surface area is 165 Å². The van der Waals surface area contributed by atoms with Crippen molar-refractivity contribution in [3.63, 3.8) is 0 Å². The SMILES string of the molecule is CC1c2c(c(=O)[nH]c(=O)n2C2CC2)C(N)=C(F)C1N1CCC(C(N)CC(F)F)C1. The van der Waals surface area contributed by atoms with E-state index in [-0.39, 0.29) is 23.2 Å². The monoisotopic (exact) mass is 413 g/mol. The van der Waals surface area contributed by atoms with E-state index in [2.05, 4.69) is 4.98 Å². The van der Waals surface area contributed by atoms with Crippen molar-refractivity contribution in [2.24, 2.45) is 17.4 Å². The van der Waals surface area contributed by atoms with Gasteiger partial charge in [-0.1, -0.05) is 6.92 Å². The summed E-state index contributed by atoms with van der Waals surface area (Å²) in [5.74, 6) is -1.27. The van der Waals surface area contributed by atoms with Gasteiger partial charge in [-0.05, 0) is 31.7 Å². The molecule has 2 aliphatic carbocycles. The first-order chi connectivity index (χ1) is 13.7. The molecule has 160 valence electrons. The van der Waals surface area contributed by atoms with Gasteiger partial charge in [0.2, 0.25) is 6.43 Å². The quantitative estimate of drug-likeness (QED) is 0.673. The number of alkyl halides is 2. The molecule has 5 N–H and O–H groups in total. The minimum atomic E-state index is -2.48. The van der Waals surface area contributed by atoms with Crippen LogP contribution in [0, 0.1) is 5.92 Å². The highest BCUT2D eigenvalue weighted by Crippen LogP contribution is 2.43. The van der Waals surface area contributed by atoms with Crippen LogP contribution < -0.4 is 22.7 Å². The molecular formula is C19H26F3N5O2. The van der Waals surface area contributed by atoms with Crippen LogP contribution in [0.25, 0.3) is 5.70 Å². The van der Waals surface area contributed by atoms with Crippen LogP contribution in [-0.2, 0) is 0 Å². The van der Waals surface area contributed by atoms with E-state index in [1.807, 2.05) is 4.90 Å². The number of nitrogens with zero attached hydrogens (tertiary/aromatic N) is 2. The number of likely N-dealkylation sites (tertiary alicyclic amines) is 1. The van der Waals surface area contributed by atoms with Gasteiger partial charge in [-0.25, -0.2) is 18.0 Å². The Bertz CT molecular complexity index is 952. The fraction of sp³-hybridized carbons (Fsp3) is 0.684. The highest BCUT2D eigenvalue weighted by molar-refractivity contribution is 5.70. The largest absolute Gasteiger partial charge is 0.396 e. The van der Waals surface area contributed by atoms with Crippen LogP contribution in [0.15, 0.2) is 15.4 Å². The van der Waals surface area contributed by atoms with E-state index >= 15 is 4.39 Å². The lowest BCUT2D eigenvalue weighted by molar-refractivity contribution is 0.116. The minimum Gasteiger partial charge on any atom is -0.396 e. The fourth-order valence-electron chi connectivity index (χ4n) is 4.91. The molecule has 4 rings (SSSR count). The first kappa shape index (κ1) is 20.2. The van der Waals surface area contributed by atoms with Crippen LogP contribution in [-0.4, -0.2) is 46.0 Å². The average molecular weight is 413 g/mol. The number of hydrogen-bond acceptors (Lipinski definition) is 5. The third-order valence-corrected chi connectivity index (χ3v) is 6.49. The van der Waals surface area contributed by atoms with E-state index in [9.17, 15) is 18.4 Å². The molecule has 29 heavy (non-hydrogen) atoms. The first-order valence-electron chi connectivity index (χ1n) is 10.0. The number of nitrogens with one attached hydrogen (secondary N) is 1. The summed E-state index contributed by atoms with van der Waals surface area (Å²) < 4.78 is 42.2. The number of aromatic amines is 1. The summed E-state index contributed by atoms with van der Waals surface area (Å²) in [5, 5.41) is 0. The summed E-state index contributed by atoms with van der Waals surface area (Å²) in [6.07, 6.45) is -0.654. The Kier molecular flexibility index (Phi) is 5.10. The molecule has 1 saturated carbocycles. The molecule has 2 heterocycles. The zero-order chi connectivity index (χ0) is 21.0. The van der Waals surface area contributed by atoms with E-state index in [1.54, 1.807) is 11.5 Å². The van der Waals surface area contributed by atoms with Gasteiger partial charge in [0.05, 0.1) is 17.3 Å². The van der Waals surface area contributed by atoms with Gasteiger partial charge in [0.25, 0.3) is 5.56 Å². The molecule has 1 aromatic heterocycles. The molecule has 0 amide bonds. The smallest absolute Gasteiger partial charge is 0.328 e. The second-order valence-corrected chi connectivity index (χ2v) is 8.45. The Hall–Kier alpha value is -2.07. The maximum Gasteiger partial charge on any atom is 0.328 e. The molecular weight excluding hydrogens is 387 g/mol. The summed E-state index contributed by atoms with van der Waals surface area (Å²) in [6, 6.07) is -1.43. The molecule has 10 heteroatoms. The number of H-pyrrole nitrogens is 1. The van der Waals surface area contributed by atoms with Crippen LogP contribution in [0.2, 0.25) is 0 Å². The summed E-state index contributed by atoms with van der Waals surface area (Å²) in [7, 11) is 0. The summed E-state index contributed by atoms with van der Waals surface area (Å²) in [5.41, 5.74) is 11.0. The minimum absolute atomic E-state index is 0.0176. The molecule has 7 nitrogen and oxygen atoms in total. The molecule has 3 aliphatic rings. The van der Waals surface area contributed by atoms with Gasteiger partial charge in [-0.2, -0.15) is 0 Å². The van der Waals surface area contributed by atoms with Crippen molar-refractivity contribution in [1.82, 2.24) is 14.5 Å². The molecule has 0 spiro atoms. The number of fused-ring (bicyclic) bond motifs is 1. The summed E-state index contributed by atoms with van der Waals surface area (Å²) in [4.78, 5) is 29.0. The Morgan fingerprint density at radius 3 is 2.55 bits per heavy atom. The second kappa shape index (κ2) is 7.32. The maximum atomic E-state index is 15.3. The van der Waals surface area contributed by atoms with Crippen molar-refractivity contribution >= 4 is 5.70 Å². The third kappa shape index (κ3) is 3.42. The van der Waals surface area contributed by atoms with Gasteiger partial charge >= 0.3 is 5.69 Å². The number of hydrogen-bond donors (Lipinski definition) is 3. The molecule has 1 saturated heterocycles. The molecule has 0 radical (unpaired) electrons. The number of nitrogens with two attached hydrogens (primary N) is 2. The number of aromatic nitrogens is 2. The van der Waals surface area contributed by atoms with Gasteiger partial charge < -0.3 is 11.5 Å². The third-order valence-electron chi connectivity index (χ3n) is 6.49.